The van der Waals surface area contributed by atoms with E-state index in [0.717, 1.165) is 33.9 Å². The van der Waals surface area contributed by atoms with Crippen LogP contribution in [0.2, 0.25) is 0 Å². The molecule has 2 nitrogen and oxygen atoms in total. The molecule has 9 rings (SSSR count). The maximum atomic E-state index is 6.22. The second-order valence-corrected chi connectivity index (χ2v) is 12.9. The predicted octanol–water partition coefficient (Wildman–Crippen LogP) is 13.4. The van der Waals surface area contributed by atoms with E-state index in [1.165, 1.54) is 50.1 Å². The zero-order valence-corrected chi connectivity index (χ0v) is 28.1. The fourth-order valence-corrected chi connectivity index (χ4v) is 7.22. The molecule has 51 heavy (non-hydrogen) atoms. The Kier molecular flexibility index (Phi) is 7.96. The number of ether oxygens (including phenoxy) is 1. The van der Waals surface area contributed by atoms with Gasteiger partial charge in [0.05, 0.1) is 0 Å². The summed E-state index contributed by atoms with van der Waals surface area (Å²) < 4.78 is 6.22. The van der Waals surface area contributed by atoms with E-state index in [1.807, 2.05) is 0 Å². The highest BCUT2D eigenvalue weighted by Gasteiger charge is 2.22. The normalized spacial score (nSPS) is 11.6. The number of nitrogens with zero attached hydrogens (tertiary/aromatic N) is 1. The van der Waals surface area contributed by atoms with Gasteiger partial charge in [0.15, 0.2) is 0 Å². The van der Waals surface area contributed by atoms with Crippen molar-refractivity contribution in [1.29, 1.82) is 0 Å². The van der Waals surface area contributed by atoms with Crippen LogP contribution in [0.15, 0.2) is 200 Å². The maximum absolute atomic E-state index is 6.22. The minimum absolute atomic E-state index is 0.594. The molecule has 1 heterocycles. The number of anilines is 3. The third-order valence-corrected chi connectivity index (χ3v) is 9.76. The molecule has 0 atom stereocenters. The average molecular weight is 654 g/mol. The van der Waals surface area contributed by atoms with Gasteiger partial charge in [0.2, 0.25) is 0 Å². The van der Waals surface area contributed by atoms with Crippen LogP contribution in [0.5, 0.6) is 5.75 Å². The van der Waals surface area contributed by atoms with E-state index >= 15 is 0 Å². The summed E-state index contributed by atoms with van der Waals surface area (Å²) in [6.07, 6.45) is 0. The summed E-state index contributed by atoms with van der Waals surface area (Å²) in [6, 6.07) is 71.6. The summed E-state index contributed by atoms with van der Waals surface area (Å²) >= 11 is 0. The smallest absolute Gasteiger partial charge is 0.128 e. The van der Waals surface area contributed by atoms with E-state index < -0.39 is 0 Å². The highest BCUT2D eigenvalue weighted by atomic mass is 16.5. The standard InChI is InChI=1S/C49H35NO/c1-4-13-35(14-5-1)38-23-27-43(28-24-38)50(45-32-41(36-15-6-2-7-16-36)31-42(33-45)37-17-8-3-9-18-37)44-29-25-39(26-30-44)46-21-12-22-48-49(46)47-20-11-10-19-40(47)34-51-48/h1-33H,34H2. The van der Waals surface area contributed by atoms with E-state index in [4.69, 9.17) is 4.74 Å². The fraction of sp³-hybridized carbons (Fsp3) is 0.0204. The molecule has 2 heteroatoms. The predicted molar refractivity (Wildman–Crippen MR) is 213 cm³/mol. The zero-order valence-electron chi connectivity index (χ0n) is 28.1. The van der Waals surface area contributed by atoms with Crippen molar-refractivity contribution in [2.45, 2.75) is 6.61 Å². The van der Waals surface area contributed by atoms with Crippen molar-refractivity contribution in [2.24, 2.45) is 0 Å². The van der Waals surface area contributed by atoms with Crippen molar-refractivity contribution < 1.29 is 4.74 Å². The van der Waals surface area contributed by atoms with Gasteiger partial charge in [0.1, 0.15) is 12.4 Å². The van der Waals surface area contributed by atoms with Crippen molar-refractivity contribution in [3.63, 3.8) is 0 Å². The SMILES string of the molecule is c1ccc(-c2ccc(N(c3ccc(-c4cccc5c4-c4ccccc4CO5)cc3)c3cc(-c4ccccc4)cc(-c4ccccc4)c3)cc2)cc1. The van der Waals surface area contributed by atoms with E-state index in [-0.39, 0.29) is 0 Å². The van der Waals surface area contributed by atoms with Gasteiger partial charge in [-0.3, -0.25) is 0 Å². The number of rotatable bonds is 7. The fourth-order valence-electron chi connectivity index (χ4n) is 7.22. The third-order valence-electron chi connectivity index (χ3n) is 9.76. The van der Waals surface area contributed by atoms with Crippen molar-refractivity contribution >= 4 is 17.1 Å². The first-order valence-corrected chi connectivity index (χ1v) is 17.4. The molecular formula is C49H35NO. The first kappa shape index (κ1) is 30.4. The van der Waals surface area contributed by atoms with Crippen LogP contribution in [0.4, 0.5) is 17.1 Å². The molecule has 0 bridgehead atoms. The molecule has 1 aliphatic rings. The summed E-state index contributed by atoms with van der Waals surface area (Å²) in [5.41, 5.74) is 16.3. The number of hydrogen-bond acceptors (Lipinski definition) is 2. The number of hydrogen-bond donors (Lipinski definition) is 0. The summed E-state index contributed by atoms with van der Waals surface area (Å²) in [5.74, 6) is 0.932. The van der Waals surface area contributed by atoms with E-state index in [2.05, 4.69) is 205 Å². The van der Waals surface area contributed by atoms with Crippen LogP contribution in [-0.2, 0) is 6.61 Å². The molecule has 0 amide bonds. The van der Waals surface area contributed by atoms with Crippen LogP contribution in [-0.4, -0.2) is 0 Å². The van der Waals surface area contributed by atoms with Gasteiger partial charge in [0, 0.05) is 22.6 Å². The lowest BCUT2D eigenvalue weighted by molar-refractivity contribution is 0.302. The van der Waals surface area contributed by atoms with Gasteiger partial charge in [-0.25, -0.2) is 0 Å². The zero-order chi connectivity index (χ0) is 34.0. The van der Waals surface area contributed by atoms with E-state index in [1.54, 1.807) is 0 Å². The third kappa shape index (κ3) is 5.98. The van der Waals surface area contributed by atoms with Gasteiger partial charge < -0.3 is 9.64 Å². The van der Waals surface area contributed by atoms with Crippen LogP contribution < -0.4 is 9.64 Å². The lowest BCUT2D eigenvalue weighted by atomic mass is 9.89. The van der Waals surface area contributed by atoms with Crippen LogP contribution in [0.25, 0.3) is 55.6 Å². The molecule has 0 spiro atoms. The van der Waals surface area contributed by atoms with E-state index in [9.17, 15) is 0 Å². The van der Waals surface area contributed by atoms with Crippen molar-refractivity contribution in [3.05, 3.63) is 206 Å². The number of fused-ring (bicyclic) bond motifs is 3. The Labute approximate surface area is 299 Å². The Balaban J connectivity index is 1.19. The van der Waals surface area contributed by atoms with Gasteiger partial charge in [-0.15, -0.1) is 0 Å². The molecule has 0 aromatic heterocycles. The summed E-state index contributed by atoms with van der Waals surface area (Å²) in [6.45, 7) is 0.594. The Hall–Kier alpha value is -6.64. The molecule has 0 N–H and O–H groups in total. The molecule has 242 valence electrons. The van der Waals surface area contributed by atoms with Crippen LogP contribution in [0.3, 0.4) is 0 Å². The molecule has 0 saturated carbocycles. The number of benzene rings is 8. The highest BCUT2D eigenvalue weighted by molar-refractivity contribution is 5.91. The van der Waals surface area contributed by atoms with Gasteiger partial charge >= 0.3 is 0 Å². The minimum Gasteiger partial charge on any atom is -0.488 e. The Morgan fingerprint density at radius 2 is 0.804 bits per heavy atom. The summed E-state index contributed by atoms with van der Waals surface area (Å²) in [7, 11) is 0. The first-order chi connectivity index (χ1) is 25.3. The van der Waals surface area contributed by atoms with Crippen molar-refractivity contribution in [2.75, 3.05) is 4.90 Å². The molecule has 8 aromatic carbocycles. The van der Waals surface area contributed by atoms with E-state index in [0.29, 0.717) is 6.61 Å². The monoisotopic (exact) mass is 653 g/mol. The Morgan fingerprint density at radius 3 is 1.39 bits per heavy atom. The first-order valence-electron chi connectivity index (χ1n) is 17.4. The second kappa shape index (κ2) is 13.3. The quantitative estimate of drug-likeness (QED) is 0.170. The van der Waals surface area contributed by atoms with Crippen molar-refractivity contribution in [3.8, 4) is 61.4 Å². The molecule has 0 aliphatic carbocycles. The largest absolute Gasteiger partial charge is 0.488 e. The van der Waals surface area contributed by atoms with Gasteiger partial charge in [-0.05, 0) is 104 Å². The molecule has 8 aromatic rings. The average Bonchev–Trinajstić information content (AvgIpc) is 3.22. The molecule has 0 fully saturated rings. The Bertz CT molecular complexity index is 2380. The molecular weight excluding hydrogens is 619 g/mol. The lowest BCUT2D eigenvalue weighted by Gasteiger charge is -2.28. The topological polar surface area (TPSA) is 12.5 Å². The second-order valence-electron chi connectivity index (χ2n) is 12.9. The van der Waals surface area contributed by atoms with Crippen LogP contribution in [0.1, 0.15) is 5.56 Å². The van der Waals surface area contributed by atoms with Gasteiger partial charge in [-0.2, -0.15) is 0 Å². The van der Waals surface area contributed by atoms with Gasteiger partial charge in [0.25, 0.3) is 0 Å². The lowest BCUT2D eigenvalue weighted by Crippen LogP contribution is -2.10. The molecule has 0 unspecified atom stereocenters. The summed E-state index contributed by atoms with van der Waals surface area (Å²) in [5, 5.41) is 0. The van der Waals surface area contributed by atoms with Crippen LogP contribution >= 0.6 is 0 Å². The minimum atomic E-state index is 0.594. The van der Waals surface area contributed by atoms with Crippen molar-refractivity contribution in [1.82, 2.24) is 0 Å². The molecule has 1 aliphatic heterocycles. The molecule has 0 saturated heterocycles. The van der Waals surface area contributed by atoms with Crippen LogP contribution in [0, 0.1) is 0 Å². The summed E-state index contributed by atoms with van der Waals surface area (Å²) in [4.78, 5) is 2.37. The maximum Gasteiger partial charge on any atom is 0.128 e. The Morgan fingerprint density at radius 1 is 0.333 bits per heavy atom. The molecule has 0 radical (unpaired) electrons. The highest BCUT2D eigenvalue weighted by Crippen LogP contribution is 2.45. The van der Waals surface area contributed by atoms with Gasteiger partial charge in [-0.1, -0.05) is 152 Å².